The number of ether oxygens (including phenoxy) is 1. The third kappa shape index (κ3) is 5.67. The lowest BCUT2D eigenvalue weighted by Crippen LogP contribution is -2.31. The van der Waals surface area contributed by atoms with Crippen molar-refractivity contribution < 1.29 is 23.5 Å². The topological polar surface area (TPSA) is 68.6 Å². The molecule has 1 aliphatic rings. The van der Waals surface area contributed by atoms with Gasteiger partial charge in [-0.05, 0) is 67.6 Å². The monoisotopic (exact) mass is 524 g/mol. The van der Waals surface area contributed by atoms with E-state index in [4.69, 9.17) is 4.74 Å². The van der Waals surface area contributed by atoms with Crippen LogP contribution in [-0.4, -0.2) is 33.8 Å². The van der Waals surface area contributed by atoms with Gasteiger partial charge in [0.15, 0.2) is 0 Å². The molecule has 198 valence electrons. The molecule has 0 radical (unpaired) electrons. The molecule has 0 unspecified atom stereocenters. The largest absolute Gasteiger partial charge is 0.457 e. The molecule has 0 aliphatic carbocycles. The lowest BCUT2D eigenvalue weighted by atomic mass is 10.1. The minimum absolute atomic E-state index is 0.176. The van der Waals surface area contributed by atoms with E-state index >= 15 is 0 Å². The fourth-order valence-corrected chi connectivity index (χ4v) is 4.99. The van der Waals surface area contributed by atoms with Crippen molar-refractivity contribution in [2.24, 2.45) is 0 Å². The Morgan fingerprint density at radius 2 is 1.44 bits per heavy atom. The molecule has 3 aromatic carbocycles. The van der Waals surface area contributed by atoms with Gasteiger partial charge in [0.25, 0.3) is 11.8 Å². The third-order valence-corrected chi connectivity index (χ3v) is 7.12. The predicted octanol–water partition coefficient (Wildman–Crippen LogP) is 5.76. The van der Waals surface area contributed by atoms with E-state index in [0.717, 1.165) is 22.5 Å². The highest BCUT2D eigenvalue weighted by Gasteiger charge is 2.34. The summed E-state index contributed by atoms with van der Waals surface area (Å²) in [6.07, 6.45) is 1.76. The highest BCUT2D eigenvalue weighted by Crippen LogP contribution is 2.24. The number of aryl methyl sites for hydroxylation is 2. The first-order valence-electron chi connectivity index (χ1n) is 13.0. The van der Waals surface area contributed by atoms with Crippen LogP contribution in [0.3, 0.4) is 0 Å². The molecule has 0 atom stereocenters. The number of benzene rings is 3. The van der Waals surface area contributed by atoms with E-state index in [1.54, 1.807) is 36.4 Å². The van der Waals surface area contributed by atoms with E-state index in [1.807, 2.05) is 43.3 Å². The zero-order chi connectivity index (χ0) is 27.4. The minimum Gasteiger partial charge on any atom is -0.457 e. The Balaban J connectivity index is 1.31. The van der Waals surface area contributed by atoms with Crippen LogP contribution < -0.4 is 0 Å². The minimum atomic E-state index is -0.404. The predicted molar refractivity (Wildman–Crippen MR) is 145 cm³/mol. The van der Waals surface area contributed by atoms with E-state index in [2.05, 4.69) is 4.57 Å². The Morgan fingerprint density at radius 1 is 0.795 bits per heavy atom. The standard InChI is InChI=1S/C32H29FN2O4/c1-22-29(32(38)39-21-24-8-3-2-4-9-24)20-26(34(22)19-17-23-13-15-25(33)16-14-23)10-7-18-35-30(36)27-11-5-6-12-28(27)31(35)37/h2-6,8-9,11-16,20H,7,10,17-19,21H2,1H3. The smallest absolute Gasteiger partial charge is 0.340 e. The zero-order valence-corrected chi connectivity index (χ0v) is 21.7. The molecular weight excluding hydrogens is 495 g/mol. The molecule has 0 spiro atoms. The summed E-state index contributed by atoms with van der Waals surface area (Å²) in [5, 5.41) is 0. The van der Waals surface area contributed by atoms with Crippen LogP contribution in [0.25, 0.3) is 0 Å². The number of rotatable bonds is 10. The van der Waals surface area contributed by atoms with Gasteiger partial charge in [0, 0.05) is 24.5 Å². The Kier molecular flexibility index (Phi) is 7.68. The molecule has 4 aromatic rings. The Hall–Kier alpha value is -4.52. The van der Waals surface area contributed by atoms with E-state index < -0.39 is 5.97 Å². The van der Waals surface area contributed by atoms with Gasteiger partial charge in [-0.15, -0.1) is 0 Å². The van der Waals surface area contributed by atoms with Crippen molar-refractivity contribution in [3.63, 3.8) is 0 Å². The Labute approximate surface area is 226 Å². The van der Waals surface area contributed by atoms with Crippen molar-refractivity contribution in [2.45, 2.75) is 39.3 Å². The van der Waals surface area contributed by atoms with Crippen molar-refractivity contribution in [1.82, 2.24) is 9.47 Å². The Bertz CT molecular complexity index is 1470. The van der Waals surface area contributed by atoms with Crippen molar-refractivity contribution >= 4 is 17.8 Å². The molecule has 2 heterocycles. The highest BCUT2D eigenvalue weighted by molar-refractivity contribution is 6.21. The fourth-order valence-electron chi connectivity index (χ4n) is 4.99. The van der Waals surface area contributed by atoms with Gasteiger partial charge in [-0.3, -0.25) is 14.5 Å². The molecular formula is C32H29FN2O4. The number of hydrogen-bond acceptors (Lipinski definition) is 4. The van der Waals surface area contributed by atoms with E-state index in [-0.39, 0.29) is 30.8 Å². The maximum absolute atomic E-state index is 13.4. The van der Waals surface area contributed by atoms with Crippen LogP contribution >= 0.6 is 0 Å². The molecule has 0 saturated heterocycles. The first-order chi connectivity index (χ1) is 18.9. The van der Waals surface area contributed by atoms with Gasteiger partial charge in [-0.2, -0.15) is 0 Å². The Morgan fingerprint density at radius 3 is 2.10 bits per heavy atom. The van der Waals surface area contributed by atoms with Gasteiger partial charge in [0.1, 0.15) is 12.4 Å². The normalized spacial score (nSPS) is 12.6. The van der Waals surface area contributed by atoms with Crippen molar-refractivity contribution in [3.8, 4) is 0 Å². The zero-order valence-electron chi connectivity index (χ0n) is 21.7. The number of fused-ring (bicyclic) bond motifs is 1. The number of hydrogen-bond donors (Lipinski definition) is 0. The third-order valence-electron chi connectivity index (χ3n) is 7.12. The molecule has 2 amide bonds. The van der Waals surface area contributed by atoms with Gasteiger partial charge in [-0.1, -0.05) is 54.6 Å². The van der Waals surface area contributed by atoms with Crippen LogP contribution in [0.2, 0.25) is 0 Å². The summed E-state index contributed by atoms with van der Waals surface area (Å²) >= 11 is 0. The second-order valence-corrected chi connectivity index (χ2v) is 9.64. The van der Waals surface area contributed by atoms with Gasteiger partial charge in [0.05, 0.1) is 16.7 Å². The summed E-state index contributed by atoms with van der Waals surface area (Å²) in [7, 11) is 0. The molecule has 0 saturated carbocycles. The summed E-state index contributed by atoms with van der Waals surface area (Å²) in [6.45, 7) is 2.93. The molecule has 6 nitrogen and oxygen atoms in total. The van der Waals surface area contributed by atoms with Crippen molar-refractivity contribution in [1.29, 1.82) is 0 Å². The maximum atomic E-state index is 13.4. The number of halogens is 1. The number of imide groups is 1. The van der Waals surface area contributed by atoms with Gasteiger partial charge < -0.3 is 9.30 Å². The fraction of sp³-hybridized carbons (Fsp3) is 0.219. The summed E-state index contributed by atoms with van der Waals surface area (Å²) < 4.78 is 21.0. The van der Waals surface area contributed by atoms with E-state index in [0.29, 0.717) is 42.5 Å². The average Bonchev–Trinajstić information content (AvgIpc) is 3.40. The summed E-state index contributed by atoms with van der Waals surface area (Å²) in [4.78, 5) is 39.8. The number of carbonyl (C=O) groups is 3. The number of nitrogens with zero attached hydrogens (tertiary/aromatic N) is 2. The van der Waals surface area contributed by atoms with Crippen LogP contribution in [0.5, 0.6) is 0 Å². The first kappa shape index (κ1) is 26.1. The van der Waals surface area contributed by atoms with Crippen LogP contribution in [0.15, 0.2) is 84.9 Å². The number of esters is 1. The SMILES string of the molecule is Cc1c(C(=O)OCc2ccccc2)cc(CCCN2C(=O)c3ccccc3C2=O)n1CCc1ccc(F)cc1. The second-order valence-electron chi connectivity index (χ2n) is 9.64. The molecule has 39 heavy (non-hydrogen) atoms. The maximum Gasteiger partial charge on any atom is 0.340 e. The number of carbonyl (C=O) groups excluding carboxylic acids is 3. The molecule has 0 fully saturated rings. The van der Waals surface area contributed by atoms with Crippen LogP contribution in [0.1, 0.15) is 60.0 Å². The van der Waals surface area contributed by atoms with Crippen LogP contribution in [-0.2, 0) is 30.7 Å². The van der Waals surface area contributed by atoms with Gasteiger partial charge in [-0.25, -0.2) is 9.18 Å². The average molecular weight is 525 g/mol. The molecule has 7 heteroatoms. The molecule has 1 aromatic heterocycles. The van der Waals surface area contributed by atoms with Crippen molar-refractivity contribution in [3.05, 3.63) is 130 Å². The molecule has 0 bridgehead atoms. The number of aromatic nitrogens is 1. The first-order valence-corrected chi connectivity index (χ1v) is 13.0. The molecule has 1 aliphatic heterocycles. The summed E-state index contributed by atoms with van der Waals surface area (Å²) in [5.41, 5.74) is 4.94. The quantitative estimate of drug-likeness (QED) is 0.195. The molecule has 0 N–H and O–H groups in total. The lowest BCUT2D eigenvalue weighted by molar-refractivity contribution is 0.0471. The van der Waals surface area contributed by atoms with Gasteiger partial charge in [0.2, 0.25) is 0 Å². The van der Waals surface area contributed by atoms with Crippen molar-refractivity contribution in [2.75, 3.05) is 6.54 Å². The van der Waals surface area contributed by atoms with E-state index in [9.17, 15) is 18.8 Å². The highest BCUT2D eigenvalue weighted by atomic mass is 19.1. The summed E-state index contributed by atoms with van der Waals surface area (Å²) in [6, 6.07) is 24.6. The van der Waals surface area contributed by atoms with Crippen LogP contribution in [0.4, 0.5) is 4.39 Å². The second kappa shape index (κ2) is 11.5. The molecule has 5 rings (SSSR count). The van der Waals surface area contributed by atoms with Crippen LogP contribution in [0, 0.1) is 12.7 Å². The lowest BCUT2D eigenvalue weighted by Gasteiger charge is -2.15. The van der Waals surface area contributed by atoms with E-state index in [1.165, 1.54) is 17.0 Å². The van der Waals surface area contributed by atoms with Gasteiger partial charge >= 0.3 is 5.97 Å². The summed E-state index contributed by atoms with van der Waals surface area (Å²) in [5.74, 6) is -1.24. The number of amides is 2.